The fourth-order valence-electron chi connectivity index (χ4n) is 2.33. The molecular weight excluding hydrogens is 142 g/mol. The molecule has 2 atom stereocenters. The van der Waals surface area contributed by atoms with E-state index in [0.717, 1.165) is 25.7 Å². The molecule has 0 radical (unpaired) electrons. The van der Waals surface area contributed by atoms with Gasteiger partial charge in [-0.15, -0.1) is 0 Å². The summed E-state index contributed by atoms with van der Waals surface area (Å²) >= 11 is 0. The van der Waals surface area contributed by atoms with Crippen LogP contribution in [0.3, 0.4) is 0 Å². The van der Waals surface area contributed by atoms with Crippen molar-refractivity contribution in [1.29, 1.82) is 0 Å². The molecule has 2 heterocycles. The van der Waals surface area contributed by atoms with Crippen LogP contribution >= 0.6 is 0 Å². The molecule has 2 aliphatic heterocycles. The van der Waals surface area contributed by atoms with Crippen molar-refractivity contribution < 1.29 is 10.3 Å². The van der Waals surface area contributed by atoms with Gasteiger partial charge in [-0.3, -0.25) is 0 Å². The van der Waals surface area contributed by atoms with Crippen molar-refractivity contribution in [2.45, 2.75) is 50.3 Å². The van der Waals surface area contributed by atoms with Crippen molar-refractivity contribution in [3.63, 3.8) is 0 Å². The Balaban J connectivity index is 2.07. The average molecular weight is 157 g/mol. The van der Waals surface area contributed by atoms with Crippen LogP contribution in [0.5, 0.6) is 0 Å². The summed E-state index contributed by atoms with van der Waals surface area (Å²) in [6.45, 7) is 0. The van der Waals surface area contributed by atoms with Gasteiger partial charge in [0.2, 0.25) is 0 Å². The molecule has 0 saturated carbocycles. The lowest BCUT2D eigenvalue weighted by molar-refractivity contribution is -0.209. The minimum Gasteiger partial charge on any atom is -0.393 e. The number of aliphatic hydroxyl groups excluding tert-OH is 1. The minimum absolute atomic E-state index is 0.173. The van der Waals surface area contributed by atoms with E-state index >= 15 is 0 Å². The zero-order chi connectivity index (χ0) is 7.84. The van der Waals surface area contributed by atoms with Gasteiger partial charge in [-0.05, 0) is 25.7 Å². The number of hydrogen-bond donors (Lipinski definition) is 2. The first kappa shape index (κ1) is 7.53. The third kappa shape index (κ3) is 1.28. The highest BCUT2D eigenvalue weighted by Crippen LogP contribution is 2.32. The number of aliphatic hydroxyl groups is 1. The van der Waals surface area contributed by atoms with Crippen LogP contribution in [0.25, 0.3) is 0 Å². The van der Waals surface area contributed by atoms with Crippen LogP contribution in [0, 0.1) is 0 Å². The molecule has 2 rings (SSSR count). The fraction of sp³-hybridized carbons (Fsp3) is 1.00. The van der Waals surface area contributed by atoms with Crippen molar-refractivity contribution in [3.8, 4) is 0 Å². The predicted octanol–water partition coefficient (Wildman–Crippen LogP) is 0.753. The Morgan fingerprint density at radius 1 is 1.09 bits per heavy atom. The molecule has 2 N–H and O–H groups in total. The second-order valence-corrected chi connectivity index (χ2v) is 3.74. The van der Waals surface area contributed by atoms with Gasteiger partial charge in [0.05, 0.1) is 6.10 Å². The number of fused-ring (bicyclic) bond motifs is 2. The van der Waals surface area contributed by atoms with Crippen LogP contribution in [-0.4, -0.2) is 33.6 Å². The van der Waals surface area contributed by atoms with Crippen LogP contribution in [0.4, 0.5) is 0 Å². The summed E-state index contributed by atoms with van der Waals surface area (Å²) < 4.78 is 0. The van der Waals surface area contributed by atoms with E-state index in [1.807, 2.05) is 0 Å². The Morgan fingerprint density at radius 3 is 2.18 bits per heavy atom. The third-order valence-corrected chi connectivity index (χ3v) is 2.91. The zero-order valence-electron chi connectivity index (χ0n) is 6.61. The van der Waals surface area contributed by atoms with E-state index < -0.39 is 0 Å². The second-order valence-electron chi connectivity index (χ2n) is 3.74. The maximum atomic E-state index is 9.53. The summed E-state index contributed by atoms with van der Waals surface area (Å²) in [5.74, 6) is 0. The van der Waals surface area contributed by atoms with Crippen LogP contribution < -0.4 is 0 Å². The standard InChI is InChI=1S/C8H15NO2/c10-8-4-6-2-1-3-7(5-8)9(6)11/h6-8,10-11H,1-5H2. The molecule has 3 nitrogen and oxygen atoms in total. The van der Waals surface area contributed by atoms with Gasteiger partial charge in [-0.2, -0.15) is 5.06 Å². The monoisotopic (exact) mass is 157 g/mol. The van der Waals surface area contributed by atoms with Crippen molar-refractivity contribution >= 4 is 0 Å². The maximum absolute atomic E-state index is 9.53. The van der Waals surface area contributed by atoms with Gasteiger partial charge in [0.1, 0.15) is 0 Å². The molecule has 0 spiro atoms. The van der Waals surface area contributed by atoms with E-state index in [4.69, 9.17) is 0 Å². The molecule has 0 aliphatic carbocycles. The van der Waals surface area contributed by atoms with E-state index in [1.54, 1.807) is 0 Å². The van der Waals surface area contributed by atoms with Crippen LogP contribution in [0.2, 0.25) is 0 Å². The van der Waals surface area contributed by atoms with Gasteiger partial charge in [-0.1, -0.05) is 6.42 Å². The topological polar surface area (TPSA) is 43.7 Å². The molecule has 0 aromatic heterocycles. The van der Waals surface area contributed by atoms with Gasteiger partial charge in [0, 0.05) is 12.1 Å². The minimum atomic E-state index is -0.173. The summed E-state index contributed by atoms with van der Waals surface area (Å²) in [6.07, 6.45) is 4.64. The molecule has 64 valence electrons. The number of piperidine rings is 2. The molecule has 2 fully saturated rings. The van der Waals surface area contributed by atoms with Crippen LogP contribution in [-0.2, 0) is 0 Å². The number of hydrogen-bond acceptors (Lipinski definition) is 3. The summed E-state index contributed by atoms with van der Waals surface area (Å²) in [4.78, 5) is 0. The van der Waals surface area contributed by atoms with E-state index in [-0.39, 0.29) is 18.2 Å². The Kier molecular flexibility index (Phi) is 1.87. The third-order valence-electron chi connectivity index (χ3n) is 2.91. The number of nitrogens with zero attached hydrogens (tertiary/aromatic N) is 1. The highest BCUT2D eigenvalue weighted by molar-refractivity contribution is 4.88. The Morgan fingerprint density at radius 2 is 1.64 bits per heavy atom. The maximum Gasteiger partial charge on any atom is 0.0571 e. The zero-order valence-corrected chi connectivity index (χ0v) is 6.61. The highest BCUT2D eigenvalue weighted by atomic mass is 16.5. The van der Waals surface area contributed by atoms with Gasteiger partial charge >= 0.3 is 0 Å². The van der Waals surface area contributed by atoms with E-state index in [0.29, 0.717) is 0 Å². The smallest absolute Gasteiger partial charge is 0.0571 e. The molecular formula is C8H15NO2. The molecule has 2 bridgehead atoms. The number of hydroxylamine groups is 2. The summed E-state index contributed by atoms with van der Waals surface area (Å²) in [5.41, 5.74) is 0. The Hall–Kier alpha value is -0.120. The van der Waals surface area contributed by atoms with Crippen molar-refractivity contribution in [2.24, 2.45) is 0 Å². The Bertz CT molecular complexity index is 137. The predicted molar refractivity (Wildman–Crippen MR) is 40.3 cm³/mol. The van der Waals surface area contributed by atoms with Crippen LogP contribution in [0.15, 0.2) is 0 Å². The van der Waals surface area contributed by atoms with Crippen molar-refractivity contribution in [2.75, 3.05) is 0 Å². The van der Waals surface area contributed by atoms with Crippen LogP contribution in [0.1, 0.15) is 32.1 Å². The SMILES string of the molecule is OC1CC2CCCC(C1)N2O. The highest BCUT2D eigenvalue weighted by Gasteiger charge is 2.36. The molecule has 2 saturated heterocycles. The summed E-state index contributed by atoms with van der Waals surface area (Å²) in [6, 6.07) is 0.468. The lowest BCUT2D eigenvalue weighted by Gasteiger charge is -2.43. The normalized spacial score (nSPS) is 45.8. The van der Waals surface area contributed by atoms with E-state index in [9.17, 15) is 10.3 Å². The van der Waals surface area contributed by atoms with E-state index in [2.05, 4.69) is 0 Å². The molecule has 0 amide bonds. The fourth-order valence-corrected chi connectivity index (χ4v) is 2.33. The van der Waals surface area contributed by atoms with Crippen molar-refractivity contribution in [3.05, 3.63) is 0 Å². The van der Waals surface area contributed by atoms with Gasteiger partial charge in [0.15, 0.2) is 0 Å². The van der Waals surface area contributed by atoms with Gasteiger partial charge in [-0.25, -0.2) is 0 Å². The quantitative estimate of drug-likeness (QED) is 0.545. The summed E-state index contributed by atoms with van der Waals surface area (Å²) in [7, 11) is 0. The largest absolute Gasteiger partial charge is 0.393 e. The van der Waals surface area contributed by atoms with Crippen molar-refractivity contribution in [1.82, 2.24) is 5.06 Å². The lowest BCUT2D eigenvalue weighted by atomic mass is 9.85. The average Bonchev–Trinajstić information content (AvgIpc) is 1.92. The summed E-state index contributed by atoms with van der Waals surface area (Å²) in [5, 5.41) is 20.4. The molecule has 2 unspecified atom stereocenters. The number of rotatable bonds is 0. The first-order valence-corrected chi connectivity index (χ1v) is 4.42. The first-order chi connectivity index (χ1) is 5.27. The first-order valence-electron chi connectivity index (χ1n) is 4.42. The molecule has 11 heavy (non-hydrogen) atoms. The second kappa shape index (κ2) is 2.73. The Labute approximate surface area is 66.6 Å². The molecule has 2 aliphatic rings. The van der Waals surface area contributed by atoms with E-state index in [1.165, 1.54) is 11.5 Å². The molecule has 0 aromatic rings. The lowest BCUT2D eigenvalue weighted by Crippen LogP contribution is -2.51. The molecule has 0 aromatic carbocycles. The van der Waals surface area contributed by atoms with Gasteiger partial charge in [0.25, 0.3) is 0 Å². The molecule has 3 heteroatoms. The van der Waals surface area contributed by atoms with Gasteiger partial charge < -0.3 is 10.3 Å².